The molecule has 0 saturated heterocycles. The molecule has 0 aromatic heterocycles. The summed E-state index contributed by atoms with van der Waals surface area (Å²) >= 11 is 0.889. The number of hydrogen-bond donors (Lipinski definition) is 1. The summed E-state index contributed by atoms with van der Waals surface area (Å²) in [5.74, 6) is 0. The van der Waals surface area contributed by atoms with Crippen molar-refractivity contribution in [3.8, 4) is 0 Å². The number of hydrogen-bond acceptors (Lipinski definition) is 6. The van der Waals surface area contributed by atoms with Crippen molar-refractivity contribution in [1.82, 2.24) is 0 Å². The highest BCUT2D eigenvalue weighted by molar-refractivity contribution is 8.75. The molecule has 0 aromatic carbocycles. The van der Waals surface area contributed by atoms with Crippen LogP contribution in [0.4, 0.5) is 9.59 Å². The van der Waals surface area contributed by atoms with Crippen molar-refractivity contribution in [3.05, 3.63) is 0 Å². The van der Waals surface area contributed by atoms with Crippen LogP contribution in [-0.4, -0.2) is 22.7 Å². The van der Waals surface area contributed by atoms with E-state index in [9.17, 15) is 9.59 Å². The molecule has 1 aliphatic rings. The van der Waals surface area contributed by atoms with E-state index in [0.717, 1.165) is 23.9 Å². The summed E-state index contributed by atoms with van der Waals surface area (Å²) < 4.78 is 8.25. The van der Waals surface area contributed by atoms with Crippen LogP contribution in [0.5, 0.6) is 0 Å². The number of rotatable bonds is 3. The first-order valence-corrected chi connectivity index (χ1v) is 6.77. The third kappa shape index (κ3) is 5.78. The molecule has 0 bridgehead atoms. The lowest BCUT2D eigenvalue weighted by Gasteiger charge is -2.18. The van der Waals surface area contributed by atoms with Crippen molar-refractivity contribution in [1.29, 1.82) is 0 Å². The summed E-state index contributed by atoms with van der Waals surface area (Å²) in [6, 6.07) is 0. The van der Waals surface area contributed by atoms with Gasteiger partial charge < -0.3 is 14.0 Å². The molecule has 1 saturated carbocycles. The lowest BCUT2D eigenvalue weighted by atomic mass is 10.0. The topological polar surface area (TPSA) is 72.8 Å². The van der Waals surface area contributed by atoms with Gasteiger partial charge in [-0.3, -0.25) is 0 Å². The Kier molecular flexibility index (Phi) is 5.70. The van der Waals surface area contributed by atoms with E-state index in [1.165, 1.54) is 30.1 Å². The van der Waals surface area contributed by atoms with Gasteiger partial charge in [-0.25, -0.2) is 9.59 Å². The van der Waals surface area contributed by atoms with Crippen LogP contribution in [-0.2, 0) is 8.92 Å². The maximum atomic E-state index is 10.6. The van der Waals surface area contributed by atoms with Gasteiger partial charge in [-0.05, 0) is 23.6 Å². The molecule has 0 spiro atoms. The fourth-order valence-corrected chi connectivity index (χ4v) is 3.31. The summed E-state index contributed by atoms with van der Waals surface area (Å²) in [5, 5.41) is 8.58. The van der Waals surface area contributed by atoms with Gasteiger partial charge in [0.25, 0.3) is 0 Å². The van der Waals surface area contributed by atoms with Crippen molar-refractivity contribution in [2.75, 3.05) is 0 Å². The number of ether oxygens (including phenoxy) is 1. The second-order valence-electron chi connectivity index (χ2n) is 3.13. The molecule has 0 heterocycles. The van der Waals surface area contributed by atoms with Gasteiger partial charge in [-0.15, -0.1) is 0 Å². The molecule has 1 fully saturated rings. The Morgan fingerprint density at radius 2 is 1.87 bits per heavy atom. The second-order valence-corrected chi connectivity index (χ2v) is 5.27. The van der Waals surface area contributed by atoms with E-state index >= 15 is 0 Å². The standard InChI is InChI=1S/C8H12O5S2/c9-7(10)12-8(11)13-15-14-6-4-2-1-3-5-6/h6H,1-5H2,(H,9,10). The van der Waals surface area contributed by atoms with Crippen molar-refractivity contribution < 1.29 is 23.6 Å². The zero-order valence-electron chi connectivity index (χ0n) is 8.01. The molecule has 0 amide bonds. The van der Waals surface area contributed by atoms with Gasteiger partial charge in [0.15, 0.2) is 0 Å². The van der Waals surface area contributed by atoms with Gasteiger partial charge in [0, 0.05) is 5.25 Å². The predicted octanol–water partition coefficient (Wildman–Crippen LogP) is 3.45. The summed E-state index contributed by atoms with van der Waals surface area (Å²) in [7, 11) is 1.45. The quantitative estimate of drug-likeness (QED) is 0.357. The van der Waals surface area contributed by atoms with E-state index in [-0.39, 0.29) is 0 Å². The molecule has 0 atom stereocenters. The molecule has 86 valence electrons. The van der Waals surface area contributed by atoms with Crippen LogP contribution in [0.25, 0.3) is 0 Å². The molecular weight excluding hydrogens is 240 g/mol. The molecule has 15 heavy (non-hydrogen) atoms. The van der Waals surface area contributed by atoms with Crippen molar-refractivity contribution in [3.63, 3.8) is 0 Å². The molecule has 0 unspecified atom stereocenters. The molecule has 0 aromatic rings. The normalized spacial score (nSPS) is 17.1. The number of carbonyl (C=O) groups excluding carboxylic acids is 1. The average molecular weight is 252 g/mol. The fraction of sp³-hybridized carbons (Fsp3) is 0.750. The monoisotopic (exact) mass is 252 g/mol. The first kappa shape index (κ1) is 12.5. The first-order chi connectivity index (χ1) is 7.18. The SMILES string of the molecule is O=C(O)OC(=O)OSSC1CCCCC1. The molecule has 1 aliphatic carbocycles. The first-order valence-electron chi connectivity index (χ1n) is 4.63. The predicted molar refractivity (Wildman–Crippen MR) is 57.6 cm³/mol. The van der Waals surface area contributed by atoms with Crippen molar-refractivity contribution in [2.24, 2.45) is 0 Å². The van der Waals surface area contributed by atoms with Crippen LogP contribution in [0.3, 0.4) is 0 Å². The Labute approximate surface area is 95.5 Å². The molecule has 1 rings (SSSR count). The lowest BCUT2D eigenvalue weighted by Crippen LogP contribution is -2.09. The molecule has 0 aliphatic heterocycles. The highest BCUT2D eigenvalue weighted by atomic mass is 33.1. The van der Waals surface area contributed by atoms with Crippen LogP contribution in [0.1, 0.15) is 32.1 Å². The molecule has 1 N–H and O–H groups in total. The minimum Gasteiger partial charge on any atom is -0.449 e. The van der Waals surface area contributed by atoms with E-state index < -0.39 is 12.3 Å². The van der Waals surface area contributed by atoms with E-state index in [0.29, 0.717) is 5.25 Å². The van der Waals surface area contributed by atoms with Crippen LogP contribution in [0, 0.1) is 0 Å². The number of carbonyl (C=O) groups is 2. The van der Waals surface area contributed by atoms with Gasteiger partial charge in [-0.2, -0.15) is 0 Å². The lowest BCUT2D eigenvalue weighted by molar-refractivity contribution is 0.0893. The third-order valence-corrected chi connectivity index (χ3v) is 4.28. The highest BCUT2D eigenvalue weighted by Crippen LogP contribution is 2.36. The largest absolute Gasteiger partial charge is 0.531 e. The maximum Gasteiger partial charge on any atom is 0.531 e. The smallest absolute Gasteiger partial charge is 0.449 e. The van der Waals surface area contributed by atoms with Gasteiger partial charge in [0.1, 0.15) is 11.1 Å². The van der Waals surface area contributed by atoms with E-state index in [1.807, 2.05) is 0 Å². The Balaban J connectivity index is 2.04. The number of carboxylic acid groups (broad SMARTS) is 1. The van der Waals surface area contributed by atoms with Gasteiger partial charge >= 0.3 is 12.3 Å². The minimum absolute atomic E-state index is 0.487. The maximum absolute atomic E-state index is 10.6. The fourth-order valence-electron chi connectivity index (χ4n) is 1.35. The molecule has 5 nitrogen and oxygen atoms in total. The molecule has 7 heteroatoms. The summed E-state index contributed by atoms with van der Waals surface area (Å²) in [6.45, 7) is 0. The Hall–Kier alpha value is -0.560. The van der Waals surface area contributed by atoms with Crippen LogP contribution >= 0.6 is 21.9 Å². The average Bonchev–Trinajstić information content (AvgIpc) is 2.18. The summed E-state index contributed by atoms with van der Waals surface area (Å²) in [5.41, 5.74) is 0. The Bertz CT molecular complexity index is 227. The third-order valence-electron chi connectivity index (χ3n) is 2.00. The van der Waals surface area contributed by atoms with Crippen LogP contribution < -0.4 is 0 Å². The summed E-state index contributed by atoms with van der Waals surface area (Å²) in [6.07, 6.45) is 3.09. The van der Waals surface area contributed by atoms with Crippen molar-refractivity contribution >= 4 is 34.2 Å². The molecule has 0 radical (unpaired) electrons. The highest BCUT2D eigenvalue weighted by Gasteiger charge is 2.17. The van der Waals surface area contributed by atoms with Crippen LogP contribution in [0.2, 0.25) is 0 Å². The van der Waals surface area contributed by atoms with Gasteiger partial charge in [-0.1, -0.05) is 19.3 Å². The van der Waals surface area contributed by atoms with Gasteiger partial charge in [0.2, 0.25) is 0 Å². The zero-order chi connectivity index (χ0) is 11.1. The summed E-state index contributed by atoms with van der Waals surface area (Å²) in [4.78, 5) is 20.6. The van der Waals surface area contributed by atoms with Crippen molar-refractivity contribution in [2.45, 2.75) is 37.4 Å². The second kappa shape index (κ2) is 6.84. The Morgan fingerprint density at radius 1 is 1.20 bits per heavy atom. The zero-order valence-corrected chi connectivity index (χ0v) is 9.64. The Morgan fingerprint density at radius 3 is 2.47 bits per heavy atom. The molecular formula is C8H12O5S2. The van der Waals surface area contributed by atoms with E-state index in [4.69, 9.17) is 5.11 Å². The van der Waals surface area contributed by atoms with Crippen LogP contribution in [0.15, 0.2) is 0 Å². The van der Waals surface area contributed by atoms with E-state index in [2.05, 4.69) is 8.92 Å². The minimum atomic E-state index is -1.65. The van der Waals surface area contributed by atoms with Gasteiger partial charge in [0.05, 0.1) is 0 Å². The van der Waals surface area contributed by atoms with E-state index in [1.54, 1.807) is 0 Å².